The zero-order valence-corrected chi connectivity index (χ0v) is 11.2. The fraction of sp³-hybridized carbons (Fsp3) is 0.133. The van der Waals surface area contributed by atoms with E-state index in [9.17, 15) is 9.18 Å². The summed E-state index contributed by atoms with van der Waals surface area (Å²) < 4.78 is 18.0. The van der Waals surface area contributed by atoms with Gasteiger partial charge in [-0.25, -0.2) is 9.18 Å². The Morgan fingerprint density at radius 2 is 2.00 bits per heavy atom. The fourth-order valence-electron chi connectivity index (χ4n) is 1.83. The SMILES string of the molecule is COC(=O)c1cc(N)ccc1Nc1ccc(F)c(C)c1. The Hall–Kier alpha value is -2.56. The Morgan fingerprint density at radius 1 is 1.25 bits per heavy atom. The molecule has 4 nitrogen and oxygen atoms in total. The molecule has 0 aliphatic rings. The molecule has 0 unspecified atom stereocenters. The Kier molecular flexibility index (Phi) is 3.89. The Bertz CT molecular complexity index is 656. The Balaban J connectivity index is 2.37. The molecule has 0 saturated heterocycles. The zero-order chi connectivity index (χ0) is 14.7. The summed E-state index contributed by atoms with van der Waals surface area (Å²) in [7, 11) is 1.30. The number of methoxy groups -OCH3 is 1. The summed E-state index contributed by atoms with van der Waals surface area (Å²) in [4.78, 5) is 11.7. The number of nitrogen functional groups attached to an aromatic ring is 1. The molecule has 2 aromatic rings. The number of carbonyl (C=O) groups excluding carboxylic acids is 1. The van der Waals surface area contributed by atoms with Crippen LogP contribution in [0.4, 0.5) is 21.5 Å². The second kappa shape index (κ2) is 5.61. The number of carbonyl (C=O) groups is 1. The van der Waals surface area contributed by atoms with Crippen molar-refractivity contribution in [3.8, 4) is 0 Å². The van der Waals surface area contributed by atoms with E-state index >= 15 is 0 Å². The molecule has 20 heavy (non-hydrogen) atoms. The van der Waals surface area contributed by atoms with E-state index in [0.29, 0.717) is 28.2 Å². The first-order valence-corrected chi connectivity index (χ1v) is 6.02. The molecule has 0 atom stereocenters. The second-order valence-corrected chi connectivity index (χ2v) is 4.39. The molecular weight excluding hydrogens is 259 g/mol. The van der Waals surface area contributed by atoms with Gasteiger partial charge in [0.2, 0.25) is 0 Å². The van der Waals surface area contributed by atoms with Crippen LogP contribution in [0.25, 0.3) is 0 Å². The van der Waals surface area contributed by atoms with Crippen LogP contribution in [0, 0.1) is 12.7 Å². The molecule has 0 aliphatic heterocycles. The molecule has 0 saturated carbocycles. The van der Waals surface area contributed by atoms with Gasteiger partial charge in [0.25, 0.3) is 0 Å². The Labute approximate surface area is 116 Å². The van der Waals surface area contributed by atoms with Crippen LogP contribution in [-0.4, -0.2) is 13.1 Å². The molecule has 0 fully saturated rings. The van der Waals surface area contributed by atoms with Crippen LogP contribution in [0.15, 0.2) is 36.4 Å². The number of hydrogen-bond acceptors (Lipinski definition) is 4. The lowest BCUT2D eigenvalue weighted by molar-refractivity contribution is 0.0602. The summed E-state index contributed by atoms with van der Waals surface area (Å²) in [6, 6.07) is 9.51. The monoisotopic (exact) mass is 274 g/mol. The predicted octanol–water partition coefficient (Wildman–Crippen LogP) is 3.25. The highest BCUT2D eigenvalue weighted by atomic mass is 19.1. The molecule has 2 aromatic carbocycles. The number of nitrogens with one attached hydrogen (secondary N) is 1. The van der Waals surface area contributed by atoms with Crippen molar-refractivity contribution < 1.29 is 13.9 Å². The van der Waals surface area contributed by atoms with Crippen LogP contribution >= 0.6 is 0 Å². The molecule has 0 spiro atoms. The van der Waals surface area contributed by atoms with Gasteiger partial charge in [0.15, 0.2) is 0 Å². The molecule has 3 N–H and O–H groups in total. The molecule has 2 rings (SSSR count). The summed E-state index contributed by atoms with van der Waals surface area (Å²) in [6.07, 6.45) is 0. The molecule has 0 heterocycles. The number of esters is 1. The van der Waals surface area contributed by atoms with E-state index in [1.165, 1.54) is 19.2 Å². The first kappa shape index (κ1) is 13.9. The lowest BCUT2D eigenvalue weighted by Gasteiger charge is -2.12. The highest BCUT2D eigenvalue weighted by Gasteiger charge is 2.12. The smallest absolute Gasteiger partial charge is 0.340 e. The summed E-state index contributed by atoms with van der Waals surface area (Å²) >= 11 is 0. The fourth-order valence-corrected chi connectivity index (χ4v) is 1.83. The number of rotatable bonds is 3. The lowest BCUT2D eigenvalue weighted by atomic mass is 10.1. The van der Waals surface area contributed by atoms with Crippen LogP contribution in [0.2, 0.25) is 0 Å². The topological polar surface area (TPSA) is 64.3 Å². The minimum absolute atomic E-state index is 0.277. The summed E-state index contributed by atoms with van der Waals surface area (Å²) in [6.45, 7) is 1.67. The first-order valence-electron chi connectivity index (χ1n) is 6.02. The average Bonchev–Trinajstić information content (AvgIpc) is 2.44. The number of benzene rings is 2. The van der Waals surface area contributed by atoms with Gasteiger partial charge in [-0.2, -0.15) is 0 Å². The van der Waals surface area contributed by atoms with Crippen molar-refractivity contribution in [1.82, 2.24) is 0 Å². The second-order valence-electron chi connectivity index (χ2n) is 4.39. The summed E-state index contributed by atoms with van der Waals surface area (Å²) in [5, 5.41) is 3.06. The quantitative estimate of drug-likeness (QED) is 0.666. The summed E-state index contributed by atoms with van der Waals surface area (Å²) in [5.74, 6) is -0.764. The van der Waals surface area contributed by atoms with Gasteiger partial charge in [-0.15, -0.1) is 0 Å². The minimum Gasteiger partial charge on any atom is -0.465 e. The van der Waals surface area contributed by atoms with Gasteiger partial charge in [-0.1, -0.05) is 0 Å². The highest BCUT2D eigenvalue weighted by molar-refractivity contribution is 5.97. The van der Waals surface area contributed by atoms with Crippen molar-refractivity contribution in [3.05, 3.63) is 53.3 Å². The number of halogens is 1. The van der Waals surface area contributed by atoms with Gasteiger partial charge < -0.3 is 15.8 Å². The Morgan fingerprint density at radius 3 is 2.65 bits per heavy atom. The van der Waals surface area contributed by atoms with Crippen LogP contribution < -0.4 is 11.1 Å². The number of aryl methyl sites for hydroxylation is 1. The third-order valence-electron chi connectivity index (χ3n) is 2.89. The maximum atomic E-state index is 13.2. The van der Waals surface area contributed by atoms with Crippen LogP contribution in [0.1, 0.15) is 15.9 Å². The van der Waals surface area contributed by atoms with Gasteiger partial charge >= 0.3 is 5.97 Å². The maximum Gasteiger partial charge on any atom is 0.340 e. The molecule has 5 heteroatoms. The average molecular weight is 274 g/mol. The van der Waals surface area contributed by atoms with Crippen molar-refractivity contribution in [1.29, 1.82) is 0 Å². The zero-order valence-electron chi connectivity index (χ0n) is 11.2. The molecule has 0 aliphatic carbocycles. The third-order valence-corrected chi connectivity index (χ3v) is 2.89. The maximum absolute atomic E-state index is 13.2. The van der Waals surface area contributed by atoms with Crippen molar-refractivity contribution in [2.24, 2.45) is 0 Å². The van der Waals surface area contributed by atoms with Gasteiger partial charge in [-0.3, -0.25) is 0 Å². The van der Waals surface area contributed by atoms with Crippen molar-refractivity contribution >= 4 is 23.0 Å². The van der Waals surface area contributed by atoms with Crippen molar-refractivity contribution in [2.45, 2.75) is 6.92 Å². The van der Waals surface area contributed by atoms with E-state index in [0.717, 1.165) is 0 Å². The first-order chi connectivity index (χ1) is 9.51. The van der Waals surface area contributed by atoms with E-state index in [2.05, 4.69) is 5.32 Å². The van der Waals surface area contributed by atoms with Crippen molar-refractivity contribution in [2.75, 3.05) is 18.2 Å². The minimum atomic E-state index is -0.487. The summed E-state index contributed by atoms with van der Waals surface area (Å²) in [5.41, 5.74) is 8.22. The van der Waals surface area contributed by atoms with E-state index < -0.39 is 5.97 Å². The lowest BCUT2D eigenvalue weighted by Crippen LogP contribution is -2.06. The standard InChI is InChI=1S/C15H15FN2O2/c1-9-7-11(4-5-13(9)16)18-14-6-3-10(17)8-12(14)15(19)20-2/h3-8,18H,17H2,1-2H3. The van der Waals surface area contributed by atoms with Crippen LogP contribution in [0.3, 0.4) is 0 Å². The molecule has 0 aromatic heterocycles. The molecular formula is C15H15FN2O2. The number of ether oxygens (including phenoxy) is 1. The molecule has 0 bridgehead atoms. The molecule has 0 radical (unpaired) electrons. The number of nitrogens with two attached hydrogens (primary N) is 1. The van der Waals surface area contributed by atoms with Crippen LogP contribution in [0.5, 0.6) is 0 Å². The van der Waals surface area contributed by atoms with Gasteiger partial charge in [0.1, 0.15) is 5.82 Å². The molecule has 0 amide bonds. The highest BCUT2D eigenvalue weighted by Crippen LogP contribution is 2.25. The van der Waals surface area contributed by atoms with Gasteiger partial charge in [-0.05, 0) is 48.9 Å². The molecule has 104 valence electrons. The normalized spacial score (nSPS) is 10.2. The number of anilines is 3. The largest absolute Gasteiger partial charge is 0.465 e. The van der Waals surface area contributed by atoms with E-state index in [4.69, 9.17) is 10.5 Å². The predicted molar refractivity (Wildman–Crippen MR) is 76.6 cm³/mol. The van der Waals surface area contributed by atoms with Crippen molar-refractivity contribution in [3.63, 3.8) is 0 Å². The van der Waals surface area contributed by atoms with Gasteiger partial charge in [0.05, 0.1) is 18.4 Å². The van der Waals surface area contributed by atoms with Gasteiger partial charge in [0, 0.05) is 11.4 Å². The number of hydrogen-bond donors (Lipinski definition) is 2. The third kappa shape index (κ3) is 2.88. The van der Waals surface area contributed by atoms with E-state index in [1.54, 1.807) is 31.2 Å². The van der Waals surface area contributed by atoms with E-state index in [1.807, 2.05) is 0 Å². The van der Waals surface area contributed by atoms with E-state index in [-0.39, 0.29) is 5.82 Å². The van der Waals surface area contributed by atoms with Crippen LogP contribution in [-0.2, 0) is 4.74 Å².